The van der Waals surface area contributed by atoms with Gasteiger partial charge in [-0.25, -0.2) is 18.0 Å². The molecule has 13 heteroatoms. The topological polar surface area (TPSA) is 143 Å². The fraction of sp³-hybridized carbons (Fsp3) is 0.591. The molecule has 0 aliphatic carbocycles. The Kier molecular flexibility index (Phi) is 9.08. The van der Waals surface area contributed by atoms with Crippen molar-refractivity contribution in [2.24, 2.45) is 5.92 Å². The van der Waals surface area contributed by atoms with Crippen molar-refractivity contribution in [3.8, 4) is 0 Å². The molecule has 3 amide bonds. The fourth-order valence-electron chi connectivity index (χ4n) is 3.49. The van der Waals surface area contributed by atoms with Gasteiger partial charge in [0.25, 0.3) is 5.91 Å². The van der Waals surface area contributed by atoms with Gasteiger partial charge >= 0.3 is 6.09 Å². The highest BCUT2D eigenvalue weighted by atomic mass is 32.2. The Labute approximate surface area is 207 Å². The number of hydrogen-bond donors (Lipinski definition) is 2. The van der Waals surface area contributed by atoms with Gasteiger partial charge < -0.3 is 14.6 Å². The van der Waals surface area contributed by atoms with Gasteiger partial charge in [-0.15, -0.1) is 0 Å². The van der Waals surface area contributed by atoms with Crippen LogP contribution in [0.25, 0.3) is 0 Å². The molecule has 1 aliphatic heterocycles. The van der Waals surface area contributed by atoms with Gasteiger partial charge in [0.15, 0.2) is 18.1 Å². The van der Waals surface area contributed by atoms with Crippen LogP contribution in [0, 0.1) is 5.92 Å². The number of carbonyl (C=O) groups is 3. The molecule has 0 aromatic heterocycles. The first kappa shape index (κ1) is 28.8. The maximum Gasteiger partial charge on any atom is 0.407 e. The first-order valence-electron chi connectivity index (χ1n) is 11.2. The zero-order valence-corrected chi connectivity index (χ0v) is 22.8. The summed E-state index contributed by atoms with van der Waals surface area (Å²) in [7, 11) is -5.74. The van der Waals surface area contributed by atoms with Crippen molar-refractivity contribution in [1.82, 2.24) is 15.1 Å². The molecule has 196 valence electrons. The Balaban J connectivity index is 2.11. The van der Waals surface area contributed by atoms with E-state index < -0.39 is 47.9 Å². The Morgan fingerprint density at radius 3 is 2.34 bits per heavy atom. The van der Waals surface area contributed by atoms with Crippen LogP contribution in [-0.4, -0.2) is 80.8 Å². The summed E-state index contributed by atoms with van der Waals surface area (Å²) < 4.78 is 29.0. The van der Waals surface area contributed by atoms with Crippen LogP contribution >= 0.6 is 0 Å². The summed E-state index contributed by atoms with van der Waals surface area (Å²) in [5.74, 6) is -2.95. The highest BCUT2D eigenvalue weighted by Gasteiger charge is 2.60. The van der Waals surface area contributed by atoms with E-state index >= 15 is 0 Å². The largest absolute Gasteiger partial charge is 0.448 e. The summed E-state index contributed by atoms with van der Waals surface area (Å²) in [5, 5.41) is 12.5. The molecule has 0 unspecified atom stereocenters. The summed E-state index contributed by atoms with van der Waals surface area (Å²) in [6, 6.07) is 8.17. The lowest BCUT2D eigenvalue weighted by atomic mass is 9.89. The lowest BCUT2D eigenvalue weighted by Gasteiger charge is -2.57. The molecule has 35 heavy (non-hydrogen) atoms. The van der Waals surface area contributed by atoms with Gasteiger partial charge in [0.1, 0.15) is 19.1 Å². The maximum absolute atomic E-state index is 13.1. The van der Waals surface area contributed by atoms with Crippen molar-refractivity contribution in [3.05, 3.63) is 35.9 Å². The average molecular weight is 530 g/mol. The zero-order chi connectivity index (χ0) is 26.6. The molecule has 1 fully saturated rings. The number of benzene rings is 1. The zero-order valence-electron chi connectivity index (χ0n) is 21.0. The molecule has 0 radical (unpaired) electrons. The maximum atomic E-state index is 13.1. The number of β-lactam (4-membered cyclic amide) rings is 1. The van der Waals surface area contributed by atoms with Crippen LogP contribution in [0.2, 0.25) is 18.1 Å². The molecular weight excluding hydrogens is 494 g/mol. The number of sulfone groups is 1. The Bertz CT molecular complexity index is 1030. The summed E-state index contributed by atoms with van der Waals surface area (Å²) in [6.45, 7) is 9.49. The van der Waals surface area contributed by atoms with Crippen LogP contribution < -0.4 is 5.32 Å². The minimum Gasteiger partial charge on any atom is -0.448 e. The van der Waals surface area contributed by atoms with E-state index in [4.69, 9.17) is 9.57 Å². The number of ether oxygens (including phenoxy) is 1. The highest BCUT2D eigenvalue weighted by molar-refractivity contribution is 7.90. The van der Waals surface area contributed by atoms with Crippen molar-refractivity contribution in [2.45, 2.75) is 51.6 Å². The molecule has 1 saturated heterocycles. The van der Waals surface area contributed by atoms with Crippen molar-refractivity contribution < 1.29 is 37.6 Å². The molecule has 0 bridgehead atoms. The molecule has 0 saturated carbocycles. The quantitative estimate of drug-likeness (QED) is 0.154. The molecule has 2 atom stereocenters. The van der Waals surface area contributed by atoms with E-state index in [0.29, 0.717) is 0 Å². The van der Waals surface area contributed by atoms with E-state index in [2.05, 4.69) is 5.32 Å². The number of rotatable bonds is 10. The third-order valence-corrected chi connectivity index (χ3v) is 12.8. The van der Waals surface area contributed by atoms with Gasteiger partial charge in [-0.05, 0) is 10.6 Å². The molecule has 0 spiro atoms. The Hall–Kier alpha value is -2.48. The van der Waals surface area contributed by atoms with Crippen molar-refractivity contribution in [2.75, 3.05) is 25.2 Å². The summed E-state index contributed by atoms with van der Waals surface area (Å²) >= 11 is 0. The minimum absolute atomic E-state index is 0.0779. The predicted octanol–water partition coefficient (Wildman–Crippen LogP) is 1.94. The normalized spacial score (nSPS) is 18.6. The van der Waals surface area contributed by atoms with Crippen LogP contribution in [0.15, 0.2) is 30.3 Å². The number of amides is 3. The number of alkyl carbamates (subject to hydrolysis) is 1. The summed E-state index contributed by atoms with van der Waals surface area (Å²) in [4.78, 5) is 43.3. The van der Waals surface area contributed by atoms with Crippen LogP contribution in [0.4, 0.5) is 4.79 Å². The van der Waals surface area contributed by atoms with Gasteiger partial charge in [-0.2, -0.15) is 0 Å². The second kappa shape index (κ2) is 11.1. The van der Waals surface area contributed by atoms with Crippen molar-refractivity contribution in [3.63, 3.8) is 0 Å². The minimum atomic E-state index is -3.30. The van der Waals surface area contributed by atoms with Crippen LogP contribution in [0.1, 0.15) is 26.3 Å². The molecule has 2 rings (SSSR count). The van der Waals surface area contributed by atoms with Crippen LogP contribution in [0.5, 0.6) is 0 Å². The van der Waals surface area contributed by atoms with Crippen LogP contribution in [0.3, 0.4) is 0 Å². The highest BCUT2D eigenvalue weighted by Crippen LogP contribution is 2.45. The monoisotopic (exact) mass is 529 g/mol. The number of nitrogens with zero attached hydrogens (tertiary/aromatic N) is 2. The van der Waals surface area contributed by atoms with E-state index in [1.165, 1.54) is 0 Å². The second-order valence-electron chi connectivity index (χ2n) is 10.1. The van der Waals surface area contributed by atoms with Crippen molar-refractivity contribution in [1.29, 1.82) is 0 Å². The molecule has 1 heterocycles. The first-order chi connectivity index (χ1) is 16.1. The number of hydrogen-bond acceptors (Lipinski definition) is 8. The third kappa shape index (κ3) is 7.26. The Morgan fingerprint density at radius 1 is 1.20 bits per heavy atom. The lowest BCUT2D eigenvalue weighted by Crippen LogP contribution is -2.77. The average Bonchev–Trinajstić information content (AvgIpc) is 2.73. The van der Waals surface area contributed by atoms with E-state index in [0.717, 1.165) is 11.8 Å². The summed E-state index contributed by atoms with van der Waals surface area (Å²) in [5.41, 5.74) is 0.720. The SMILES string of the molecule is CC(C)(C)[Si](C)(C)N1C(=O)[C@H](C(=O)N(O)OCc2ccccc2)[C@@H]1CNC(=O)OCCS(C)(=O)=O. The first-order valence-corrected chi connectivity index (χ1v) is 16.2. The molecule has 1 aromatic carbocycles. The number of hydroxylamine groups is 2. The lowest BCUT2D eigenvalue weighted by molar-refractivity contribution is -0.325. The van der Waals surface area contributed by atoms with Gasteiger partial charge in [0.2, 0.25) is 5.91 Å². The van der Waals surface area contributed by atoms with E-state index in [-0.39, 0.29) is 35.8 Å². The van der Waals surface area contributed by atoms with Crippen molar-refractivity contribution >= 4 is 36.0 Å². The number of nitrogens with one attached hydrogen (secondary N) is 1. The third-order valence-electron chi connectivity index (χ3n) is 6.45. The van der Waals surface area contributed by atoms with Gasteiger partial charge in [-0.1, -0.05) is 69.4 Å². The Morgan fingerprint density at radius 2 is 1.80 bits per heavy atom. The summed E-state index contributed by atoms with van der Waals surface area (Å²) in [6.07, 6.45) is 0.165. The predicted molar refractivity (Wildman–Crippen MR) is 130 cm³/mol. The van der Waals surface area contributed by atoms with Crippen LogP contribution in [-0.2, 0) is 35.6 Å². The standard InChI is InChI=1S/C22H35N3O8SSi/c1-22(2,3)35(5,6)24-17(14-23-21(28)32-12-13-34(4,30)31)18(19(24)26)20(27)25(29)33-15-16-10-8-7-9-11-16/h7-11,17-18,29H,12-15H2,1-6H3,(H,23,28)/t17-,18+/m0/s1. The van der Waals surface area contributed by atoms with Gasteiger partial charge in [0.05, 0.1) is 11.8 Å². The fourth-order valence-corrected chi connectivity index (χ4v) is 6.36. The van der Waals surface area contributed by atoms with Gasteiger partial charge in [0, 0.05) is 12.8 Å². The van der Waals surface area contributed by atoms with E-state index in [1.807, 2.05) is 39.9 Å². The van der Waals surface area contributed by atoms with E-state index in [9.17, 15) is 28.0 Å². The van der Waals surface area contributed by atoms with Gasteiger partial charge in [-0.3, -0.25) is 14.8 Å². The second-order valence-corrected chi connectivity index (χ2v) is 17.4. The molecule has 11 nitrogen and oxygen atoms in total. The molecule has 1 aliphatic rings. The molecule has 2 N–H and O–H groups in total. The number of carbonyl (C=O) groups excluding carboxylic acids is 3. The van der Waals surface area contributed by atoms with E-state index in [1.54, 1.807) is 28.8 Å². The smallest absolute Gasteiger partial charge is 0.407 e. The molecule has 1 aromatic rings. The molecular formula is C22H35N3O8SSi.